The van der Waals surface area contributed by atoms with Crippen LogP contribution in [0.2, 0.25) is 0 Å². The molecule has 5 rings (SSSR count). The third-order valence-corrected chi connectivity index (χ3v) is 6.10. The van der Waals surface area contributed by atoms with Crippen molar-refractivity contribution < 1.29 is 9.21 Å². The lowest BCUT2D eigenvalue weighted by molar-refractivity contribution is 0.0988. The Morgan fingerprint density at radius 1 is 1.27 bits per heavy atom. The van der Waals surface area contributed by atoms with E-state index in [1.54, 1.807) is 17.2 Å². The third kappa shape index (κ3) is 3.07. The lowest BCUT2D eigenvalue weighted by Crippen LogP contribution is -2.39. The Balaban J connectivity index is 1.58. The van der Waals surface area contributed by atoms with Crippen LogP contribution in [-0.4, -0.2) is 51.0 Å². The molecule has 10 heteroatoms. The summed E-state index contributed by atoms with van der Waals surface area (Å²) in [7, 11) is 1.53. The van der Waals surface area contributed by atoms with E-state index in [9.17, 15) is 9.59 Å². The predicted molar refractivity (Wildman–Crippen MR) is 113 cm³/mol. The highest BCUT2D eigenvalue weighted by molar-refractivity contribution is 7.98. The van der Waals surface area contributed by atoms with Gasteiger partial charge in [0.25, 0.3) is 5.91 Å². The highest BCUT2D eigenvalue weighted by atomic mass is 32.2. The maximum Gasteiger partial charge on any atom is 0.437 e. The number of thioether (sulfide) groups is 1. The van der Waals surface area contributed by atoms with Crippen LogP contribution in [-0.2, 0) is 7.05 Å². The largest absolute Gasteiger partial charge is 0.437 e. The summed E-state index contributed by atoms with van der Waals surface area (Å²) in [5, 5.41) is 4.78. The van der Waals surface area contributed by atoms with E-state index >= 15 is 0 Å². The van der Waals surface area contributed by atoms with E-state index in [1.165, 1.54) is 18.8 Å². The molecule has 0 radical (unpaired) electrons. The SMILES string of the molecule is CSc1ncc2c(n1)N1CCCC1CN(c1cccc(-c3nn(C)c(=O)o3)c1)C2=O. The molecule has 0 saturated carbocycles. The van der Waals surface area contributed by atoms with Crippen molar-refractivity contribution in [2.45, 2.75) is 24.0 Å². The van der Waals surface area contributed by atoms with E-state index in [4.69, 9.17) is 4.42 Å². The number of hydrogen-bond donors (Lipinski definition) is 0. The molecule has 1 fully saturated rings. The van der Waals surface area contributed by atoms with Crippen LogP contribution < -0.4 is 15.6 Å². The summed E-state index contributed by atoms with van der Waals surface area (Å²) in [5.41, 5.74) is 1.87. The van der Waals surface area contributed by atoms with Gasteiger partial charge < -0.3 is 14.2 Å². The van der Waals surface area contributed by atoms with Gasteiger partial charge in [0.1, 0.15) is 11.4 Å². The van der Waals surface area contributed by atoms with Crippen molar-refractivity contribution >= 4 is 29.2 Å². The molecule has 0 aliphatic carbocycles. The first kappa shape index (κ1) is 18.9. The molecule has 30 heavy (non-hydrogen) atoms. The second-order valence-corrected chi connectivity index (χ2v) is 8.12. The second kappa shape index (κ2) is 7.28. The van der Waals surface area contributed by atoms with Crippen molar-refractivity contribution in [2.75, 3.05) is 29.1 Å². The number of aromatic nitrogens is 4. The minimum Gasteiger partial charge on any atom is -0.388 e. The molecular formula is C20H20N6O3S. The maximum absolute atomic E-state index is 13.5. The minimum atomic E-state index is -0.529. The van der Waals surface area contributed by atoms with Gasteiger partial charge in [0.15, 0.2) is 5.16 Å². The van der Waals surface area contributed by atoms with Crippen molar-refractivity contribution in [2.24, 2.45) is 7.05 Å². The molecule has 0 bridgehead atoms. The van der Waals surface area contributed by atoms with Gasteiger partial charge >= 0.3 is 5.76 Å². The molecule has 1 unspecified atom stereocenters. The number of carbonyl (C=O) groups is 1. The first-order valence-corrected chi connectivity index (χ1v) is 10.9. The highest BCUT2D eigenvalue weighted by Crippen LogP contribution is 2.35. The van der Waals surface area contributed by atoms with Crippen molar-refractivity contribution in [3.05, 3.63) is 46.6 Å². The summed E-state index contributed by atoms with van der Waals surface area (Å²) in [6.07, 6.45) is 5.61. The molecule has 1 saturated heterocycles. The molecule has 3 aromatic rings. The smallest absolute Gasteiger partial charge is 0.388 e. The van der Waals surface area contributed by atoms with Gasteiger partial charge in [0.05, 0.1) is 0 Å². The average molecular weight is 424 g/mol. The van der Waals surface area contributed by atoms with Gasteiger partial charge in [-0.2, -0.15) is 4.68 Å². The number of nitrogens with zero attached hydrogens (tertiary/aromatic N) is 6. The number of fused-ring (bicyclic) bond motifs is 3. The van der Waals surface area contributed by atoms with Gasteiger partial charge in [-0.05, 0) is 37.3 Å². The molecule has 1 aromatic carbocycles. The quantitative estimate of drug-likeness (QED) is 0.466. The topological polar surface area (TPSA) is 97.4 Å². The molecule has 0 spiro atoms. The molecule has 4 heterocycles. The number of amides is 1. The zero-order chi connectivity index (χ0) is 20.8. The third-order valence-electron chi connectivity index (χ3n) is 5.54. The monoisotopic (exact) mass is 424 g/mol. The van der Waals surface area contributed by atoms with Crippen LogP contribution >= 0.6 is 11.8 Å². The van der Waals surface area contributed by atoms with Crippen molar-refractivity contribution in [3.63, 3.8) is 0 Å². The molecule has 9 nitrogen and oxygen atoms in total. The van der Waals surface area contributed by atoms with Crippen LogP contribution in [0.1, 0.15) is 23.2 Å². The van der Waals surface area contributed by atoms with Crippen LogP contribution in [0.4, 0.5) is 11.5 Å². The second-order valence-electron chi connectivity index (χ2n) is 7.35. The Labute approximate surface area is 176 Å². The van der Waals surface area contributed by atoms with Gasteiger partial charge in [-0.25, -0.2) is 14.8 Å². The fourth-order valence-corrected chi connectivity index (χ4v) is 4.40. The van der Waals surface area contributed by atoms with Crippen LogP contribution in [0.25, 0.3) is 11.5 Å². The molecule has 2 aliphatic rings. The Hall–Kier alpha value is -3.14. The van der Waals surface area contributed by atoms with Crippen LogP contribution in [0.15, 0.2) is 44.8 Å². The fraction of sp³-hybridized carbons (Fsp3) is 0.350. The van der Waals surface area contributed by atoms with Crippen LogP contribution in [0.3, 0.4) is 0 Å². The lowest BCUT2D eigenvalue weighted by atomic mass is 10.1. The van der Waals surface area contributed by atoms with Crippen LogP contribution in [0.5, 0.6) is 0 Å². The summed E-state index contributed by atoms with van der Waals surface area (Å²) in [4.78, 5) is 38.1. The first-order valence-electron chi connectivity index (χ1n) is 9.69. The molecule has 2 aromatic heterocycles. The predicted octanol–water partition coefficient (Wildman–Crippen LogP) is 2.18. The Morgan fingerprint density at radius 2 is 2.13 bits per heavy atom. The van der Waals surface area contributed by atoms with Crippen molar-refractivity contribution in [3.8, 4) is 11.5 Å². The summed E-state index contributed by atoms with van der Waals surface area (Å²) in [6, 6.07) is 7.53. The lowest BCUT2D eigenvalue weighted by Gasteiger charge is -2.27. The summed E-state index contributed by atoms with van der Waals surface area (Å²) in [5.74, 6) is 0.281. The number of aryl methyl sites for hydroxylation is 1. The molecule has 1 atom stereocenters. The summed E-state index contributed by atoms with van der Waals surface area (Å²) >= 11 is 1.47. The molecule has 1 amide bonds. The number of benzene rings is 1. The van der Waals surface area contributed by atoms with E-state index in [2.05, 4.69) is 20.0 Å². The molecule has 0 N–H and O–H groups in total. The first-order chi connectivity index (χ1) is 14.5. The zero-order valence-corrected chi connectivity index (χ0v) is 17.4. The van der Waals surface area contributed by atoms with Crippen LogP contribution in [0, 0.1) is 0 Å². The van der Waals surface area contributed by atoms with E-state index < -0.39 is 5.76 Å². The standard InChI is InChI=1S/C20H20N6O3S/c1-24-20(28)29-17(23-24)12-5-3-6-13(9-12)26-11-14-7-4-8-25(14)16-15(18(26)27)10-21-19(22-16)30-2/h3,5-6,9-10,14H,4,7-8,11H2,1-2H3. The van der Waals surface area contributed by atoms with Gasteiger partial charge in [0.2, 0.25) is 5.89 Å². The average Bonchev–Trinajstić information content (AvgIpc) is 3.34. The summed E-state index contributed by atoms with van der Waals surface area (Å²) in [6.45, 7) is 1.43. The van der Waals surface area contributed by atoms with Crippen molar-refractivity contribution in [1.29, 1.82) is 0 Å². The normalized spacial score (nSPS) is 18.3. The van der Waals surface area contributed by atoms with Gasteiger partial charge in [-0.3, -0.25) is 4.79 Å². The Kier molecular flexibility index (Phi) is 4.58. The summed E-state index contributed by atoms with van der Waals surface area (Å²) < 4.78 is 6.35. The van der Waals surface area contributed by atoms with E-state index in [0.29, 0.717) is 22.8 Å². The zero-order valence-electron chi connectivity index (χ0n) is 16.6. The van der Waals surface area contributed by atoms with E-state index in [1.807, 2.05) is 24.5 Å². The number of anilines is 2. The maximum atomic E-state index is 13.5. The van der Waals surface area contributed by atoms with E-state index in [0.717, 1.165) is 35.6 Å². The number of hydrogen-bond acceptors (Lipinski definition) is 8. The van der Waals surface area contributed by atoms with Gasteiger partial charge in [-0.15, -0.1) is 5.10 Å². The Bertz CT molecular complexity index is 1190. The molecule has 2 aliphatic heterocycles. The van der Waals surface area contributed by atoms with Gasteiger partial charge in [0, 0.05) is 43.6 Å². The number of rotatable bonds is 3. The van der Waals surface area contributed by atoms with Crippen molar-refractivity contribution in [1.82, 2.24) is 19.7 Å². The molecular weight excluding hydrogens is 404 g/mol. The fourth-order valence-electron chi connectivity index (χ4n) is 4.06. The highest BCUT2D eigenvalue weighted by Gasteiger charge is 2.37. The molecule has 154 valence electrons. The number of carbonyl (C=O) groups excluding carboxylic acids is 1. The van der Waals surface area contributed by atoms with Gasteiger partial charge in [-0.1, -0.05) is 17.8 Å². The minimum absolute atomic E-state index is 0.133. The van der Waals surface area contributed by atoms with E-state index in [-0.39, 0.29) is 17.8 Å². The Morgan fingerprint density at radius 3 is 2.90 bits per heavy atom.